The van der Waals surface area contributed by atoms with Gasteiger partial charge < -0.3 is 9.47 Å². The summed E-state index contributed by atoms with van der Waals surface area (Å²) in [7, 11) is 2.88. The van der Waals surface area contributed by atoms with Gasteiger partial charge in [0, 0.05) is 16.7 Å². The molecule has 0 aliphatic heterocycles. The van der Waals surface area contributed by atoms with E-state index in [1.807, 2.05) is 24.3 Å². The second-order valence-electron chi connectivity index (χ2n) is 9.19. The SMILES string of the molecule is CC(C)(C)Oc1ccccc1-c1cccc(P)c1-c1ccccc1OC(C)(C)C. The highest BCUT2D eigenvalue weighted by Gasteiger charge is 2.21. The first kappa shape index (κ1) is 21.4. The quantitative estimate of drug-likeness (QED) is 0.440. The summed E-state index contributed by atoms with van der Waals surface area (Å²) in [5, 5.41) is 1.12. The van der Waals surface area contributed by atoms with Crippen molar-refractivity contribution < 1.29 is 9.47 Å². The van der Waals surface area contributed by atoms with Crippen molar-refractivity contribution in [3.63, 3.8) is 0 Å². The molecule has 29 heavy (non-hydrogen) atoms. The maximum atomic E-state index is 6.30. The van der Waals surface area contributed by atoms with Crippen molar-refractivity contribution >= 4 is 14.5 Å². The van der Waals surface area contributed by atoms with Crippen molar-refractivity contribution in [2.45, 2.75) is 52.7 Å². The molecule has 0 saturated heterocycles. The molecule has 0 aromatic heterocycles. The highest BCUT2D eigenvalue weighted by Crippen LogP contribution is 2.41. The lowest BCUT2D eigenvalue weighted by Gasteiger charge is -2.26. The summed E-state index contributed by atoms with van der Waals surface area (Å²) in [6, 6.07) is 22.8. The molecule has 1 atom stereocenters. The summed E-state index contributed by atoms with van der Waals surface area (Å²) in [6.07, 6.45) is 0. The molecule has 1 unspecified atom stereocenters. The van der Waals surface area contributed by atoms with E-state index in [9.17, 15) is 0 Å². The Labute approximate surface area is 177 Å². The third-order valence-electron chi connectivity index (χ3n) is 4.26. The van der Waals surface area contributed by atoms with Crippen LogP contribution in [0.5, 0.6) is 11.5 Å². The predicted octanol–water partition coefficient (Wildman–Crippen LogP) is 6.88. The van der Waals surface area contributed by atoms with Crippen molar-refractivity contribution in [1.29, 1.82) is 0 Å². The van der Waals surface area contributed by atoms with E-state index in [2.05, 4.69) is 93.2 Å². The summed E-state index contributed by atoms with van der Waals surface area (Å²) in [4.78, 5) is 0. The van der Waals surface area contributed by atoms with Crippen LogP contribution >= 0.6 is 9.24 Å². The van der Waals surface area contributed by atoms with Crippen LogP contribution in [0.25, 0.3) is 22.3 Å². The van der Waals surface area contributed by atoms with Crippen LogP contribution in [0.2, 0.25) is 0 Å². The van der Waals surface area contributed by atoms with Gasteiger partial charge in [-0.05, 0) is 64.5 Å². The smallest absolute Gasteiger partial charge is 0.127 e. The summed E-state index contributed by atoms with van der Waals surface area (Å²) >= 11 is 0. The van der Waals surface area contributed by atoms with E-state index >= 15 is 0 Å². The van der Waals surface area contributed by atoms with Crippen molar-refractivity contribution in [1.82, 2.24) is 0 Å². The van der Waals surface area contributed by atoms with Gasteiger partial charge in [0.25, 0.3) is 0 Å². The van der Waals surface area contributed by atoms with Crippen LogP contribution < -0.4 is 14.8 Å². The minimum atomic E-state index is -0.278. The molecule has 3 aromatic carbocycles. The van der Waals surface area contributed by atoms with E-state index in [0.717, 1.165) is 39.1 Å². The molecule has 0 bridgehead atoms. The second-order valence-corrected chi connectivity index (χ2v) is 9.81. The van der Waals surface area contributed by atoms with Crippen LogP contribution in [0.3, 0.4) is 0 Å². The molecule has 2 nitrogen and oxygen atoms in total. The fraction of sp³-hybridized carbons (Fsp3) is 0.308. The molecule has 0 aliphatic rings. The van der Waals surface area contributed by atoms with Crippen LogP contribution in [0.4, 0.5) is 0 Å². The Bertz CT molecular complexity index is 994. The highest BCUT2D eigenvalue weighted by molar-refractivity contribution is 7.28. The monoisotopic (exact) mass is 406 g/mol. The lowest BCUT2D eigenvalue weighted by atomic mass is 9.93. The molecule has 3 rings (SSSR count). The van der Waals surface area contributed by atoms with Crippen LogP contribution in [-0.4, -0.2) is 11.2 Å². The molecule has 0 aliphatic carbocycles. The molecule has 3 aromatic rings. The van der Waals surface area contributed by atoms with E-state index in [1.165, 1.54) is 0 Å². The minimum absolute atomic E-state index is 0.276. The molecule has 152 valence electrons. The zero-order valence-electron chi connectivity index (χ0n) is 18.2. The third kappa shape index (κ3) is 5.40. The average Bonchev–Trinajstić information content (AvgIpc) is 2.60. The van der Waals surface area contributed by atoms with E-state index in [1.54, 1.807) is 0 Å². The number of para-hydroxylation sites is 2. The van der Waals surface area contributed by atoms with Crippen LogP contribution in [0.1, 0.15) is 41.5 Å². The van der Waals surface area contributed by atoms with Gasteiger partial charge in [-0.3, -0.25) is 0 Å². The summed E-state index contributed by atoms with van der Waals surface area (Å²) in [5.74, 6) is 1.76. The van der Waals surface area contributed by atoms with Crippen LogP contribution in [-0.2, 0) is 0 Å². The van der Waals surface area contributed by atoms with E-state index in [4.69, 9.17) is 9.47 Å². The minimum Gasteiger partial charge on any atom is -0.488 e. The third-order valence-corrected chi connectivity index (χ3v) is 4.74. The van der Waals surface area contributed by atoms with Gasteiger partial charge in [0.2, 0.25) is 0 Å². The summed E-state index contributed by atoms with van der Waals surface area (Å²) < 4.78 is 12.6. The average molecular weight is 407 g/mol. The first-order valence-electron chi connectivity index (χ1n) is 10.0. The van der Waals surface area contributed by atoms with Crippen molar-refractivity contribution in [3.05, 3.63) is 66.7 Å². The molecule has 0 spiro atoms. The van der Waals surface area contributed by atoms with Gasteiger partial charge in [0.1, 0.15) is 22.7 Å². The lowest BCUT2D eigenvalue weighted by Crippen LogP contribution is -2.23. The van der Waals surface area contributed by atoms with E-state index in [-0.39, 0.29) is 11.2 Å². The number of ether oxygens (including phenoxy) is 2. The van der Waals surface area contributed by atoms with Gasteiger partial charge in [0.05, 0.1) is 0 Å². The molecule has 0 amide bonds. The van der Waals surface area contributed by atoms with E-state index < -0.39 is 0 Å². The largest absolute Gasteiger partial charge is 0.488 e. The molecule has 3 heteroatoms. The van der Waals surface area contributed by atoms with Crippen LogP contribution in [0.15, 0.2) is 66.7 Å². The standard InChI is InChI=1S/C26H31O2P/c1-25(2,3)27-21-15-9-7-12-18(21)19-14-11-17-23(29)24(19)20-13-8-10-16-22(20)28-26(4,5)6/h7-17H,29H2,1-6H3. The normalized spacial score (nSPS) is 12.0. The number of hydrogen-bond donors (Lipinski definition) is 0. The zero-order chi connectivity index (χ0) is 21.2. The summed E-state index contributed by atoms with van der Waals surface area (Å²) in [6.45, 7) is 12.4. The zero-order valence-corrected chi connectivity index (χ0v) is 19.4. The predicted molar refractivity (Wildman–Crippen MR) is 127 cm³/mol. The van der Waals surface area contributed by atoms with Gasteiger partial charge >= 0.3 is 0 Å². The van der Waals surface area contributed by atoms with Gasteiger partial charge in [0.15, 0.2) is 0 Å². The Morgan fingerprint density at radius 1 is 0.552 bits per heavy atom. The first-order chi connectivity index (χ1) is 13.6. The number of hydrogen-bond acceptors (Lipinski definition) is 2. The van der Waals surface area contributed by atoms with Crippen LogP contribution in [0, 0.1) is 0 Å². The molecule has 0 N–H and O–H groups in total. The van der Waals surface area contributed by atoms with Gasteiger partial charge in [-0.15, -0.1) is 9.24 Å². The van der Waals surface area contributed by atoms with Gasteiger partial charge in [-0.25, -0.2) is 0 Å². The fourth-order valence-electron chi connectivity index (χ4n) is 3.30. The van der Waals surface area contributed by atoms with Crippen molar-refractivity contribution in [3.8, 4) is 33.8 Å². The maximum absolute atomic E-state index is 6.30. The van der Waals surface area contributed by atoms with Crippen molar-refractivity contribution in [2.24, 2.45) is 0 Å². The maximum Gasteiger partial charge on any atom is 0.127 e. The highest BCUT2D eigenvalue weighted by atomic mass is 31.0. The Morgan fingerprint density at radius 3 is 1.55 bits per heavy atom. The Kier molecular flexibility index (Phi) is 6.05. The molecule has 0 heterocycles. The first-order valence-corrected chi connectivity index (χ1v) is 10.6. The molecule has 0 fully saturated rings. The molecule has 0 saturated carbocycles. The summed E-state index contributed by atoms with van der Waals surface area (Å²) in [5.41, 5.74) is 3.87. The lowest BCUT2D eigenvalue weighted by molar-refractivity contribution is 0.131. The Hall–Kier alpha value is -2.31. The van der Waals surface area contributed by atoms with Gasteiger partial charge in [-0.2, -0.15) is 0 Å². The van der Waals surface area contributed by atoms with Crippen molar-refractivity contribution in [2.75, 3.05) is 0 Å². The molecular weight excluding hydrogens is 375 g/mol. The topological polar surface area (TPSA) is 18.5 Å². The number of rotatable bonds is 4. The fourth-order valence-corrected chi connectivity index (χ4v) is 3.72. The Balaban J connectivity index is 2.23. The molecule has 0 radical (unpaired) electrons. The second kappa shape index (κ2) is 8.20. The van der Waals surface area contributed by atoms with Gasteiger partial charge in [-0.1, -0.05) is 54.6 Å². The number of benzene rings is 3. The van der Waals surface area contributed by atoms with E-state index in [0.29, 0.717) is 0 Å². The Morgan fingerprint density at radius 2 is 1.00 bits per heavy atom. The molecular formula is C26H31O2P.